The third kappa shape index (κ3) is 5.02. The van der Waals surface area contributed by atoms with Crippen molar-refractivity contribution in [1.82, 2.24) is 24.9 Å². The van der Waals surface area contributed by atoms with Crippen molar-refractivity contribution in [2.45, 2.75) is 33.7 Å². The van der Waals surface area contributed by atoms with Crippen molar-refractivity contribution in [2.75, 3.05) is 18.4 Å². The number of carbonyl (C=O) groups is 1. The largest absolute Gasteiger partial charge is 0.419 e. The molecule has 1 N–H and O–H groups in total. The van der Waals surface area contributed by atoms with Crippen molar-refractivity contribution < 1.29 is 9.21 Å². The second-order valence-corrected chi connectivity index (χ2v) is 7.32. The van der Waals surface area contributed by atoms with Crippen LogP contribution in [-0.2, 0) is 18.4 Å². The average molecular weight is 417 g/mol. The van der Waals surface area contributed by atoms with Gasteiger partial charge in [-0.1, -0.05) is 30.7 Å². The first kappa shape index (κ1) is 21.0. The zero-order valence-corrected chi connectivity index (χ0v) is 17.8. The lowest BCUT2D eigenvalue weighted by atomic mass is 10.2. The Morgan fingerprint density at radius 3 is 2.69 bits per heavy atom. The van der Waals surface area contributed by atoms with Crippen LogP contribution in [0.1, 0.15) is 30.6 Å². The second-order valence-electron chi connectivity index (χ2n) is 6.91. The van der Waals surface area contributed by atoms with Crippen molar-refractivity contribution in [1.29, 1.82) is 0 Å². The van der Waals surface area contributed by atoms with Crippen molar-refractivity contribution in [2.24, 2.45) is 7.05 Å². The Kier molecular flexibility index (Phi) is 6.66. The molecule has 0 aliphatic rings. The van der Waals surface area contributed by atoms with Crippen molar-refractivity contribution >= 4 is 23.2 Å². The van der Waals surface area contributed by atoms with Gasteiger partial charge in [0, 0.05) is 7.05 Å². The molecule has 0 bridgehead atoms. The highest BCUT2D eigenvalue weighted by Crippen LogP contribution is 2.26. The summed E-state index contributed by atoms with van der Waals surface area (Å²) < 4.78 is 7.53. The zero-order chi connectivity index (χ0) is 21.0. The van der Waals surface area contributed by atoms with Crippen LogP contribution in [-0.4, -0.2) is 43.9 Å². The number of halogens is 1. The molecule has 154 valence electrons. The minimum absolute atomic E-state index is 0.108. The average Bonchev–Trinajstić information content (AvgIpc) is 3.22. The monoisotopic (exact) mass is 416 g/mol. The van der Waals surface area contributed by atoms with E-state index in [9.17, 15) is 4.79 Å². The molecule has 2 heterocycles. The lowest BCUT2D eigenvalue weighted by Gasteiger charge is -2.19. The lowest BCUT2D eigenvalue weighted by molar-refractivity contribution is -0.117. The molecule has 0 radical (unpaired) electrons. The number of benzene rings is 1. The Morgan fingerprint density at radius 1 is 1.28 bits per heavy atom. The van der Waals surface area contributed by atoms with Gasteiger partial charge in [-0.05, 0) is 38.9 Å². The first-order valence-corrected chi connectivity index (χ1v) is 9.86. The molecule has 3 aromatic rings. The summed E-state index contributed by atoms with van der Waals surface area (Å²) in [4.78, 5) is 14.6. The number of rotatable bonds is 8. The third-order valence-electron chi connectivity index (χ3n) is 4.61. The summed E-state index contributed by atoms with van der Waals surface area (Å²) in [7, 11) is 1.85. The van der Waals surface area contributed by atoms with Gasteiger partial charge in [-0.3, -0.25) is 14.4 Å². The maximum atomic E-state index is 12.6. The van der Waals surface area contributed by atoms with Crippen LogP contribution in [0.3, 0.4) is 0 Å². The lowest BCUT2D eigenvalue weighted by Crippen LogP contribution is -2.33. The van der Waals surface area contributed by atoms with E-state index in [1.807, 2.05) is 44.0 Å². The normalized spacial score (nSPS) is 11.2. The maximum absolute atomic E-state index is 12.6. The van der Waals surface area contributed by atoms with Gasteiger partial charge in [-0.15, -0.1) is 10.2 Å². The predicted molar refractivity (Wildman–Crippen MR) is 112 cm³/mol. The SMILES string of the molecule is CCCN(CC(=O)Nc1c(C)nn(C)c1C)Cc1nnc(-c2ccccc2Cl)o1. The molecule has 0 saturated heterocycles. The molecule has 0 unspecified atom stereocenters. The van der Waals surface area contributed by atoms with Crippen LogP contribution < -0.4 is 5.32 Å². The summed E-state index contributed by atoms with van der Waals surface area (Å²) in [5.74, 6) is 0.700. The van der Waals surface area contributed by atoms with Crippen molar-refractivity contribution in [3.8, 4) is 11.5 Å². The molecule has 29 heavy (non-hydrogen) atoms. The van der Waals surface area contributed by atoms with Crippen LogP contribution in [0.4, 0.5) is 5.69 Å². The molecular formula is C20H25ClN6O2. The molecule has 0 fully saturated rings. The van der Waals surface area contributed by atoms with Gasteiger partial charge >= 0.3 is 0 Å². The molecule has 0 spiro atoms. The molecule has 1 amide bonds. The summed E-state index contributed by atoms with van der Waals surface area (Å²) in [6, 6.07) is 7.31. The number of hydrogen-bond acceptors (Lipinski definition) is 6. The van der Waals surface area contributed by atoms with Crippen LogP contribution in [0, 0.1) is 13.8 Å². The van der Waals surface area contributed by atoms with Gasteiger partial charge in [0.25, 0.3) is 0 Å². The van der Waals surface area contributed by atoms with E-state index in [1.165, 1.54) is 0 Å². The van der Waals surface area contributed by atoms with Crippen LogP contribution in [0.5, 0.6) is 0 Å². The fraction of sp³-hybridized carbons (Fsp3) is 0.400. The van der Waals surface area contributed by atoms with Crippen LogP contribution in [0.2, 0.25) is 5.02 Å². The fourth-order valence-electron chi connectivity index (χ4n) is 3.12. The van der Waals surface area contributed by atoms with E-state index in [0.29, 0.717) is 28.9 Å². The van der Waals surface area contributed by atoms with Crippen LogP contribution in [0.15, 0.2) is 28.7 Å². The highest BCUT2D eigenvalue weighted by Gasteiger charge is 2.18. The number of anilines is 1. The number of nitrogens with zero attached hydrogens (tertiary/aromatic N) is 5. The number of aromatic nitrogens is 4. The summed E-state index contributed by atoms with van der Waals surface area (Å²) in [5.41, 5.74) is 3.16. The molecule has 9 heteroatoms. The Bertz CT molecular complexity index is 997. The van der Waals surface area contributed by atoms with Gasteiger partial charge in [0.2, 0.25) is 17.7 Å². The third-order valence-corrected chi connectivity index (χ3v) is 4.94. The Balaban J connectivity index is 1.67. The molecule has 0 aliphatic carbocycles. The van der Waals surface area contributed by atoms with Crippen molar-refractivity contribution in [3.63, 3.8) is 0 Å². The van der Waals surface area contributed by atoms with Gasteiger partial charge in [0.1, 0.15) is 0 Å². The number of hydrogen-bond donors (Lipinski definition) is 1. The molecule has 0 aliphatic heterocycles. The minimum Gasteiger partial charge on any atom is -0.419 e. The molecule has 0 saturated carbocycles. The highest BCUT2D eigenvalue weighted by atomic mass is 35.5. The van der Waals surface area contributed by atoms with E-state index < -0.39 is 0 Å². The number of aryl methyl sites for hydroxylation is 2. The zero-order valence-electron chi connectivity index (χ0n) is 17.1. The van der Waals surface area contributed by atoms with Crippen LogP contribution in [0.25, 0.3) is 11.5 Å². The number of carbonyl (C=O) groups excluding carboxylic acids is 1. The smallest absolute Gasteiger partial charge is 0.249 e. The fourth-order valence-corrected chi connectivity index (χ4v) is 3.34. The number of amides is 1. The molecular weight excluding hydrogens is 392 g/mol. The summed E-state index contributed by atoms with van der Waals surface area (Å²) in [5, 5.41) is 16.1. The molecule has 8 nitrogen and oxygen atoms in total. The van der Waals surface area contributed by atoms with E-state index >= 15 is 0 Å². The van der Waals surface area contributed by atoms with Gasteiger partial charge in [0.15, 0.2) is 0 Å². The van der Waals surface area contributed by atoms with Gasteiger partial charge in [0.05, 0.1) is 40.8 Å². The standard InChI is InChI=1S/C20H25ClN6O2/c1-5-10-27(11-17(28)22-19-13(2)25-26(4)14(19)3)12-18-23-24-20(29-18)15-8-6-7-9-16(15)21/h6-9H,5,10-12H2,1-4H3,(H,22,28). The van der Waals surface area contributed by atoms with E-state index in [4.69, 9.17) is 16.0 Å². The molecule has 3 rings (SSSR count). The summed E-state index contributed by atoms with van der Waals surface area (Å²) >= 11 is 6.20. The summed E-state index contributed by atoms with van der Waals surface area (Å²) in [6.07, 6.45) is 0.893. The van der Waals surface area contributed by atoms with Crippen molar-refractivity contribution in [3.05, 3.63) is 46.6 Å². The van der Waals surface area contributed by atoms with E-state index in [1.54, 1.807) is 10.7 Å². The van der Waals surface area contributed by atoms with Crippen LogP contribution >= 0.6 is 11.6 Å². The second kappa shape index (κ2) is 9.19. The Labute approximate surface area is 174 Å². The van der Waals surface area contributed by atoms with E-state index in [0.717, 1.165) is 30.0 Å². The van der Waals surface area contributed by atoms with Gasteiger partial charge in [-0.25, -0.2) is 0 Å². The van der Waals surface area contributed by atoms with E-state index in [-0.39, 0.29) is 12.5 Å². The highest BCUT2D eigenvalue weighted by molar-refractivity contribution is 6.33. The maximum Gasteiger partial charge on any atom is 0.249 e. The first-order valence-electron chi connectivity index (χ1n) is 9.48. The van der Waals surface area contributed by atoms with E-state index in [2.05, 4.69) is 27.5 Å². The number of nitrogens with one attached hydrogen (secondary N) is 1. The molecule has 0 atom stereocenters. The topological polar surface area (TPSA) is 89.1 Å². The predicted octanol–water partition coefficient (Wildman–Crippen LogP) is 3.59. The Morgan fingerprint density at radius 2 is 2.03 bits per heavy atom. The minimum atomic E-state index is -0.108. The Hall–Kier alpha value is -2.71. The first-order chi connectivity index (χ1) is 13.9. The molecule has 2 aromatic heterocycles. The quantitative estimate of drug-likeness (QED) is 0.603. The van der Waals surface area contributed by atoms with Gasteiger partial charge < -0.3 is 9.73 Å². The molecule has 1 aromatic carbocycles. The van der Waals surface area contributed by atoms with Gasteiger partial charge in [-0.2, -0.15) is 5.10 Å². The summed E-state index contributed by atoms with van der Waals surface area (Å²) in [6.45, 7) is 7.18.